The van der Waals surface area contributed by atoms with Gasteiger partial charge in [-0.25, -0.2) is 18.1 Å². The summed E-state index contributed by atoms with van der Waals surface area (Å²) >= 11 is 0. The Balaban J connectivity index is 1.92. The molecule has 0 aliphatic heterocycles. The van der Waals surface area contributed by atoms with Crippen molar-refractivity contribution in [2.45, 2.75) is 31.7 Å². The molecule has 0 unspecified atom stereocenters. The van der Waals surface area contributed by atoms with E-state index in [4.69, 9.17) is 10.5 Å². The number of sulfonamides is 1. The molecule has 1 aromatic heterocycles. The lowest BCUT2D eigenvalue weighted by atomic mass is 10.0. The maximum Gasteiger partial charge on any atom is 0.297 e. The monoisotopic (exact) mass is 456 g/mol. The Labute approximate surface area is 186 Å². The SMILES string of the molecule is CCCOc1ncc(C(N)=O)n1Cc1ccc(-c2ccccc2S(=O)(=O)NC(C)=O)cc1. The van der Waals surface area contributed by atoms with Crippen LogP contribution in [0.2, 0.25) is 0 Å². The second-order valence-electron chi connectivity index (χ2n) is 7.08. The zero-order valence-electron chi connectivity index (χ0n) is 17.7. The van der Waals surface area contributed by atoms with Gasteiger partial charge in [-0.2, -0.15) is 0 Å². The summed E-state index contributed by atoms with van der Waals surface area (Å²) < 4.78 is 34.3. The van der Waals surface area contributed by atoms with Crippen molar-refractivity contribution in [2.24, 2.45) is 5.73 Å². The van der Waals surface area contributed by atoms with Gasteiger partial charge in [-0.1, -0.05) is 49.4 Å². The van der Waals surface area contributed by atoms with Gasteiger partial charge < -0.3 is 10.5 Å². The summed E-state index contributed by atoms with van der Waals surface area (Å²) in [5, 5.41) is 0. The first kappa shape index (κ1) is 23.0. The number of hydrogen-bond acceptors (Lipinski definition) is 6. The van der Waals surface area contributed by atoms with Crippen LogP contribution in [0.3, 0.4) is 0 Å². The van der Waals surface area contributed by atoms with Crippen LogP contribution < -0.4 is 15.2 Å². The summed E-state index contributed by atoms with van der Waals surface area (Å²) in [6, 6.07) is 13.9. The summed E-state index contributed by atoms with van der Waals surface area (Å²) in [4.78, 5) is 27.2. The third-order valence-corrected chi connectivity index (χ3v) is 6.06. The molecule has 32 heavy (non-hydrogen) atoms. The van der Waals surface area contributed by atoms with Crippen LogP contribution in [-0.4, -0.2) is 36.4 Å². The summed E-state index contributed by atoms with van der Waals surface area (Å²) in [6.45, 7) is 3.85. The first-order chi connectivity index (χ1) is 15.2. The van der Waals surface area contributed by atoms with E-state index in [1.807, 2.05) is 23.8 Å². The summed E-state index contributed by atoms with van der Waals surface area (Å²) in [6.07, 6.45) is 2.17. The van der Waals surface area contributed by atoms with Gasteiger partial charge in [0.05, 0.1) is 24.2 Å². The molecule has 0 fully saturated rings. The van der Waals surface area contributed by atoms with Crippen LogP contribution in [0.4, 0.5) is 0 Å². The molecule has 10 heteroatoms. The average Bonchev–Trinajstić information content (AvgIpc) is 3.14. The zero-order valence-corrected chi connectivity index (χ0v) is 18.6. The molecule has 0 saturated carbocycles. The number of carbonyl (C=O) groups excluding carboxylic acids is 2. The van der Waals surface area contributed by atoms with Gasteiger partial charge in [0.2, 0.25) is 5.91 Å². The summed E-state index contributed by atoms with van der Waals surface area (Å²) in [5.74, 6) is -1.28. The van der Waals surface area contributed by atoms with Crippen LogP contribution in [0.15, 0.2) is 59.6 Å². The maximum atomic E-state index is 12.5. The van der Waals surface area contributed by atoms with Gasteiger partial charge in [0.1, 0.15) is 5.69 Å². The lowest BCUT2D eigenvalue weighted by molar-refractivity contribution is -0.117. The molecule has 0 spiro atoms. The maximum absolute atomic E-state index is 12.5. The Kier molecular flexibility index (Phi) is 6.94. The molecule has 2 amide bonds. The molecule has 3 aromatic rings. The van der Waals surface area contributed by atoms with Crippen LogP contribution in [0.1, 0.15) is 36.3 Å². The number of nitrogens with zero attached hydrogens (tertiary/aromatic N) is 2. The molecule has 0 aliphatic carbocycles. The van der Waals surface area contributed by atoms with Gasteiger partial charge in [0.15, 0.2) is 0 Å². The van der Waals surface area contributed by atoms with Crippen molar-refractivity contribution in [2.75, 3.05) is 6.61 Å². The Morgan fingerprint density at radius 2 is 1.81 bits per heavy atom. The number of primary amides is 1. The number of nitrogens with one attached hydrogen (secondary N) is 1. The van der Waals surface area contributed by atoms with Crippen molar-refractivity contribution in [3.63, 3.8) is 0 Å². The molecular weight excluding hydrogens is 432 g/mol. The number of ether oxygens (including phenoxy) is 1. The van der Waals surface area contributed by atoms with Gasteiger partial charge in [-0.15, -0.1) is 0 Å². The molecule has 0 saturated heterocycles. The number of aromatic nitrogens is 2. The number of imidazole rings is 1. The van der Waals surface area contributed by atoms with E-state index in [1.165, 1.54) is 12.3 Å². The topological polar surface area (TPSA) is 133 Å². The smallest absolute Gasteiger partial charge is 0.297 e. The van der Waals surface area contributed by atoms with E-state index in [0.717, 1.165) is 18.9 Å². The minimum absolute atomic E-state index is 0.00354. The third-order valence-electron chi connectivity index (χ3n) is 4.57. The third kappa shape index (κ3) is 5.14. The highest BCUT2D eigenvalue weighted by atomic mass is 32.2. The lowest BCUT2D eigenvalue weighted by Gasteiger charge is -2.13. The van der Waals surface area contributed by atoms with Crippen molar-refractivity contribution in [1.82, 2.24) is 14.3 Å². The molecular formula is C22H24N4O5S. The number of nitrogens with two attached hydrogens (primary N) is 1. The van der Waals surface area contributed by atoms with E-state index in [9.17, 15) is 18.0 Å². The number of benzene rings is 2. The van der Waals surface area contributed by atoms with E-state index in [-0.39, 0.29) is 10.6 Å². The molecule has 2 aromatic carbocycles. The van der Waals surface area contributed by atoms with E-state index in [0.29, 0.717) is 30.3 Å². The van der Waals surface area contributed by atoms with Crippen LogP contribution in [0.5, 0.6) is 6.01 Å². The van der Waals surface area contributed by atoms with Crippen molar-refractivity contribution in [1.29, 1.82) is 0 Å². The number of carbonyl (C=O) groups is 2. The van der Waals surface area contributed by atoms with Crippen LogP contribution in [-0.2, 0) is 21.4 Å². The van der Waals surface area contributed by atoms with Gasteiger partial charge in [-0.05, 0) is 23.6 Å². The van der Waals surface area contributed by atoms with E-state index < -0.39 is 21.8 Å². The molecule has 0 aliphatic rings. The van der Waals surface area contributed by atoms with Crippen LogP contribution >= 0.6 is 0 Å². The first-order valence-electron chi connectivity index (χ1n) is 9.92. The highest BCUT2D eigenvalue weighted by Gasteiger charge is 2.20. The van der Waals surface area contributed by atoms with Gasteiger partial charge in [0.25, 0.3) is 21.9 Å². The second kappa shape index (κ2) is 9.65. The number of hydrogen-bond donors (Lipinski definition) is 2. The summed E-state index contributed by atoms with van der Waals surface area (Å²) in [7, 11) is -4.00. The van der Waals surface area contributed by atoms with E-state index in [1.54, 1.807) is 34.9 Å². The molecule has 0 atom stereocenters. The number of rotatable bonds is 9. The molecule has 0 radical (unpaired) electrons. The summed E-state index contributed by atoms with van der Waals surface area (Å²) in [5.41, 5.74) is 7.63. The molecule has 0 bridgehead atoms. The molecule has 9 nitrogen and oxygen atoms in total. The van der Waals surface area contributed by atoms with E-state index in [2.05, 4.69) is 4.98 Å². The number of amides is 2. The fourth-order valence-corrected chi connectivity index (χ4v) is 4.39. The highest BCUT2D eigenvalue weighted by molar-refractivity contribution is 7.90. The normalized spacial score (nSPS) is 11.2. The van der Waals surface area contributed by atoms with Gasteiger partial charge in [0, 0.05) is 12.5 Å². The molecule has 3 rings (SSSR count). The zero-order chi connectivity index (χ0) is 23.3. The predicted octanol–water partition coefficient (Wildman–Crippen LogP) is 2.31. The fourth-order valence-electron chi connectivity index (χ4n) is 3.17. The first-order valence-corrected chi connectivity index (χ1v) is 11.4. The largest absolute Gasteiger partial charge is 0.465 e. The molecule has 3 N–H and O–H groups in total. The van der Waals surface area contributed by atoms with E-state index >= 15 is 0 Å². The van der Waals surface area contributed by atoms with Gasteiger partial charge >= 0.3 is 0 Å². The quantitative estimate of drug-likeness (QED) is 0.508. The minimum Gasteiger partial charge on any atom is -0.465 e. The van der Waals surface area contributed by atoms with Crippen LogP contribution in [0.25, 0.3) is 11.1 Å². The van der Waals surface area contributed by atoms with Gasteiger partial charge in [-0.3, -0.25) is 14.2 Å². The highest BCUT2D eigenvalue weighted by Crippen LogP contribution is 2.28. The predicted molar refractivity (Wildman–Crippen MR) is 119 cm³/mol. The van der Waals surface area contributed by atoms with Crippen molar-refractivity contribution in [3.8, 4) is 17.1 Å². The molecule has 168 valence electrons. The second-order valence-corrected chi connectivity index (χ2v) is 8.73. The Morgan fingerprint density at radius 1 is 1.12 bits per heavy atom. The Morgan fingerprint density at radius 3 is 2.44 bits per heavy atom. The van der Waals surface area contributed by atoms with Crippen molar-refractivity contribution < 1.29 is 22.7 Å². The fraction of sp³-hybridized carbons (Fsp3) is 0.227. The lowest BCUT2D eigenvalue weighted by Crippen LogP contribution is -2.28. The van der Waals surface area contributed by atoms with Crippen molar-refractivity contribution >= 4 is 21.8 Å². The Bertz CT molecular complexity index is 1230. The molecule has 1 heterocycles. The minimum atomic E-state index is -4.00. The average molecular weight is 457 g/mol. The Hall–Kier alpha value is -3.66. The van der Waals surface area contributed by atoms with Crippen LogP contribution in [0, 0.1) is 0 Å². The van der Waals surface area contributed by atoms with Crippen molar-refractivity contribution in [3.05, 3.63) is 66.0 Å². The standard InChI is InChI=1S/C22H24N4O5S/c1-3-12-31-22-24-13-19(21(23)28)26(22)14-16-8-10-17(11-9-16)18-6-4-5-7-20(18)32(29,30)25-15(2)27/h4-11,13H,3,12,14H2,1-2H3,(H2,23,28)(H,25,27).